The molecule has 3 rings (SSSR count). The van der Waals surface area contributed by atoms with Gasteiger partial charge in [0.15, 0.2) is 11.5 Å². The van der Waals surface area contributed by atoms with Crippen molar-refractivity contribution in [3.8, 4) is 17.1 Å². The van der Waals surface area contributed by atoms with Gasteiger partial charge in [-0.3, -0.25) is 4.79 Å². The molecule has 0 aliphatic heterocycles. The second-order valence-electron chi connectivity index (χ2n) is 5.40. The Labute approximate surface area is 150 Å². The van der Waals surface area contributed by atoms with Gasteiger partial charge in [0.25, 0.3) is 11.9 Å². The Hall–Kier alpha value is -3.56. The third kappa shape index (κ3) is 4.00. The van der Waals surface area contributed by atoms with E-state index in [2.05, 4.69) is 20.6 Å². The summed E-state index contributed by atoms with van der Waals surface area (Å²) in [5.74, 6) is -0.626. The van der Waals surface area contributed by atoms with E-state index in [1.54, 1.807) is 0 Å². The van der Waals surface area contributed by atoms with E-state index in [4.69, 9.17) is 4.42 Å². The average molecular weight is 378 g/mol. The predicted molar refractivity (Wildman–Crippen MR) is 89.5 cm³/mol. The fourth-order valence-corrected chi connectivity index (χ4v) is 2.23. The molecule has 2 aromatic heterocycles. The van der Waals surface area contributed by atoms with Gasteiger partial charge in [-0.05, 0) is 12.1 Å². The summed E-state index contributed by atoms with van der Waals surface area (Å²) in [7, 11) is 1.41. The molecule has 0 aliphatic rings. The molecule has 10 heteroatoms. The largest absolute Gasteiger partial charge is 0.505 e. The van der Waals surface area contributed by atoms with Crippen LogP contribution in [0.5, 0.6) is 5.75 Å². The van der Waals surface area contributed by atoms with E-state index in [0.717, 1.165) is 12.1 Å². The summed E-state index contributed by atoms with van der Waals surface area (Å²) in [6.45, 7) is 0. The minimum atomic E-state index is -4.41. The molecule has 1 aromatic carbocycles. The smallest absolute Gasteiger partial charge is 0.416 e. The molecule has 0 radical (unpaired) electrons. The zero-order valence-corrected chi connectivity index (χ0v) is 13.8. The van der Waals surface area contributed by atoms with Gasteiger partial charge >= 0.3 is 6.18 Å². The lowest BCUT2D eigenvalue weighted by Crippen LogP contribution is -2.19. The fraction of sp³-hybridized carbons (Fsp3) is 0.118. The Balaban J connectivity index is 1.76. The number of carbonyl (C=O) groups excluding carboxylic acids is 1. The highest BCUT2D eigenvalue weighted by Gasteiger charge is 2.30. The van der Waals surface area contributed by atoms with E-state index >= 15 is 0 Å². The quantitative estimate of drug-likeness (QED) is 0.642. The number of aromatic nitrogens is 2. The molecule has 7 nitrogen and oxygen atoms in total. The molecule has 0 unspecified atom stereocenters. The Morgan fingerprint density at radius 3 is 2.44 bits per heavy atom. The summed E-state index contributed by atoms with van der Waals surface area (Å²) in [4.78, 5) is 19.3. The molecular formula is C17H13F3N4O3. The first-order chi connectivity index (χ1) is 12.8. The summed E-state index contributed by atoms with van der Waals surface area (Å²) < 4.78 is 43.3. The van der Waals surface area contributed by atoms with E-state index in [1.807, 2.05) is 0 Å². The van der Waals surface area contributed by atoms with E-state index < -0.39 is 17.6 Å². The lowest BCUT2D eigenvalue weighted by atomic mass is 10.1. The second kappa shape index (κ2) is 6.98. The molecular weight excluding hydrogens is 365 g/mol. The number of carbonyl (C=O) groups is 1. The highest BCUT2D eigenvalue weighted by atomic mass is 19.4. The Morgan fingerprint density at radius 2 is 1.85 bits per heavy atom. The molecule has 3 aromatic rings. The minimum absolute atomic E-state index is 0.0405. The molecule has 27 heavy (non-hydrogen) atoms. The Kier molecular flexibility index (Phi) is 4.72. The molecule has 0 saturated heterocycles. The molecule has 0 bridgehead atoms. The maximum atomic E-state index is 12.6. The number of hydrogen-bond acceptors (Lipinski definition) is 6. The average Bonchev–Trinajstić information content (AvgIpc) is 3.09. The lowest BCUT2D eigenvalue weighted by molar-refractivity contribution is -0.137. The molecule has 3 N–H and O–H groups in total. The van der Waals surface area contributed by atoms with Gasteiger partial charge in [0, 0.05) is 18.7 Å². The normalized spacial score (nSPS) is 11.3. The molecule has 0 saturated carbocycles. The van der Waals surface area contributed by atoms with Gasteiger partial charge in [0.05, 0.1) is 23.6 Å². The molecule has 2 heterocycles. The third-order valence-electron chi connectivity index (χ3n) is 3.56. The number of anilines is 2. The highest BCUT2D eigenvalue weighted by molar-refractivity contribution is 5.95. The van der Waals surface area contributed by atoms with Crippen LogP contribution in [0.1, 0.15) is 16.1 Å². The van der Waals surface area contributed by atoms with Gasteiger partial charge < -0.3 is 20.2 Å². The summed E-state index contributed by atoms with van der Waals surface area (Å²) in [5, 5.41) is 14.9. The number of amides is 1. The van der Waals surface area contributed by atoms with Crippen LogP contribution in [0.3, 0.4) is 0 Å². The number of nitrogens with zero attached hydrogens (tertiary/aromatic N) is 2. The van der Waals surface area contributed by atoms with Crippen LogP contribution in [-0.2, 0) is 6.18 Å². The van der Waals surface area contributed by atoms with Crippen LogP contribution < -0.4 is 10.6 Å². The maximum Gasteiger partial charge on any atom is 0.416 e. The zero-order chi connectivity index (χ0) is 19.6. The van der Waals surface area contributed by atoms with Crippen LogP contribution in [-0.4, -0.2) is 28.0 Å². The van der Waals surface area contributed by atoms with Crippen molar-refractivity contribution in [1.82, 2.24) is 15.3 Å². The van der Waals surface area contributed by atoms with Crippen molar-refractivity contribution in [3.05, 3.63) is 54.0 Å². The van der Waals surface area contributed by atoms with Crippen molar-refractivity contribution >= 4 is 17.6 Å². The monoisotopic (exact) mass is 378 g/mol. The van der Waals surface area contributed by atoms with Crippen LogP contribution in [0.4, 0.5) is 24.9 Å². The first-order valence-corrected chi connectivity index (χ1v) is 7.59. The van der Waals surface area contributed by atoms with Crippen molar-refractivity contribution < 1.29 is 27.5 Å². The van der Waals surface area contributed by atoms with Crippen molar-refractivity contribution in [1.29, 1.82) is 0 Å². The highest BCUT2D eigenvalue weighted by Crippen LogP contribution is 2.32. The molecule has 0 spiro atoms. The third-order valence-corrected chi connectivity index (χ3v) is 3.56. The van der Waals surface area contributed by atoms with Crippen LogP contribution in [0.25, 0.3) is 11.3 Å². The number of halogens is 3. The van der Waals surface area contributed by atoms with Gasteiger partial charge in [-0.15, -0.1) is 0 Å². The molecule has 1 amide bonds. The number of pyridine rings is 1. The fourth-order valence-electron chi connectivity index (χ4n) is 2.23. The van der Waals surface area contributed by atoms with Gasteiger partial charge in [-0.25, -0.2) is 9.97 Å². The van der Waals surface area contributed by atoms with Crippen LogP contribution in [0.2, 0.25) is 0 Å². The zero-order valence-electron chi connectivity index (χ0n) is 13.8. The first kappa shape index (κ1) is 18.2. The molecule has 0 fully saturated rings. The van der Waals surface area contributed by atoms with Gasteiger partial charge in [-0.2, -0.15) is 13.2 Å². The standard InChI is InChI=1S/C17H13F3N4O3/c1-21-15(26)14-12(25)6-11(7-22-14)24-16-23-8-13(27-16)9-2-4-10(5-3-9)17(18,19)20/h2-8,25H,1H3,(H,21,26)(H,23,24). The van der Waals surface area contributed by atoms with Crippen LogP contribution in [0, 0.1) is 0 Å². The van der Waals surface area contributed by atoms with E-state index in [0.29, 0.717) is 11.3 Å². The van der Waals surface area contributed by atoms with Crippen molar-refractivity contribution in [2.45, 2.75) is 6.18 Å². The topological polar surface area (TPSA) is 100 Å². The number of benzene rings is 1. The van der Waals surface area contributed by atoms with Crippen molar-refractivity contribution in [2.75, 3.05) is 12.4 Å². The SMILES string of the molecule is CNC(=O)c1ncc(Nc2ncc(-c3ccc(C(F)(F)F)cc3)o2)cc1O. The van der Waals surface area contributed by atoms with E-state index in [-0.39, 0.29) is 23.2 Å². The van der Waals surface area contributed by atoms with E-state index in [1.165, 1.54) is 37.6 Å². The Bertz CT molecular complexity index is 968. The maximum absolute atomic E-state index is 12.6. The van der Waals surface area contributed by atoms with Gasteiger partial charge in [0.1, 0.15) is 5.75 Å². The van der Waals surface area contributed by atoms with Crippen molar-refractivity contribution in [3.63, 3.8) is 0 Å². The number of nitrogens with one attached hydrogen (secondary N) is 2. The second-order valence-corrected chi connectivity index (χ2v) is 5.40. The van der Waals surface area contributed by atoms with Crippen LogP contribution >= 0.6 is 0 Å². The summed E-state index contributed by atoms with van der Waals surface area (Å²) in [5.41, 5.74) is -0.178. The minimum Gasteiger partial charge on any atom is -0.505 e. The first-order valence-electron chi connectivity index (χ1n) is 7.59. The van der Waals surface area contributed by atoms with Crippen LogP contribution in [0.15, 0.2) is 47.1 Å². The molecule has 0 atom stereocenters. The Morgan fingerprint density at radius 1 is 1.15 bits per heavy atom. The van der Waals surface area contributed by atoms with E-state index in [9.17, 15) is 23.1 Å². The number of oxazole rings is 1. The molecule has 0 aliphatic carbocycles. The van der Waals surface area contributed by atoms with Gasteiger partial charge in [0.2, 0.25) is 0 Å². The number of alkyl halides is 3. The molecule has 140 valence electrons. The lowest BCUT2D eigenvalue weighted by Gasteiger charge is -2.06. The number of aromatic hydroxyl groups is 1. The number of hydrogen-bond donors (Lipinski definition) is 3. The van der Waals surface area contributed by atoms with Crippen molar-refractivity contribution in [2.24, 2.45) is 0 Å². The summed E-state index contributed by atoms with van der Waals surface area (Å²) in [6, 6.07) is 5.75. The predicted octanol–water partition coefficient (Wildman–Crippen LogP) is 3.56. The summed E-state index contributed by atoms with van der Waals surface area (Å²) in [6.07, 6.45) is -1.77. The summed E-state index contributed by atoms with van der Waals surface area (Å²) >= 11 is 0. The van der Waals surface area contributed by atoms with Gasteiger partial charge in [-0.1, -0.05) is 12.1 Å². The number of rotatable bonds is 4.